The molecule has 17 heavy (non-hydrogen) atoms. The molecule has 0 saturated heterocycles. The molecular weight excluding hydrogens is 216 g/mol. The van der Waals surface area contributed by atoms with Crippen molar-refractivity contribution >= 4 is 11.6 Å². The molecule has 2 N–H and O–H groups in total. The molecule has 90 valence electrons. The second-order valence-electron chi connectivity index (χ2n) is 4.00. The molecule has 0 aliphatic heterocycles. The molecule has 0 saturated carbocycles. The largest absolute Gasteiger partial charge is 0.398 e. The molecular formula is C12H16N4O. The van der Waals surface area contributed by atoms with E-state index in [4.69, 9.17) is 10.3 Å². The first-order chi connectivity index (χ1) is 8.11. The Hall–Kier alpha value is -2.04. The van der Waals surface area contributed by atoms with E-state index < -0.39 is 0 Å². The summed E-state index contributed by atoms with van der Waals surface area (Å²) in [4.78, 5) is 6.22. The average Bonchev–Trinajstić information content (AvgIpc) is 2.80. The molecule has 0 unspecified atom stereocenters. The highest BCUT2D eigenvalue weighted by Gasteiger charge is 2.13. The minimum Gasteiger partial charge on any atom is -0.398 e. The van der Waals surface area contributed by atoms with Crippen LogP contribution in [0, 0.1) is 6.92 Å². The van der Waals surface area contributed by atoms with Gasteiger partial charge in [-0.3, -0.25) is 0 Å². The molecule has 0 spiro atoms. The summed E-state index contributed by atoms with van der Waals surface area (Å²) >= 11 is 0. The molecule has 1 aromatic heterocycles. The van der Waals surface area contributed by atoms with Crippen molar-refractivity contribution in [3.8, 4) is 11.5 Å². The number of hydrogen-bond acceptors (Lipinski definition) is 5. The van der Waals surface area contributed by atoms with Gasteiger partial charge in [0, 0.05) is 19.3 Å². The molecule has 5 nitrogen and oxygen atoms in total. The number of nitrogens with zero attached hydrogens (tertiary/aromatic N) is 3. The lowest BCUT2D eigenvalue weighted by molar-refractivity contribution is 0.430. The van der Waals surface area contributed by atoms with Crippen LogP contribution in [0.25, 0.3) is 11.5 Å². The summed E-state index contributed by atoms with van der Waals surface area (Å²) in [5.41, 5.74) is 8.44. The third kappa shape index (κ3) is 2.22. The maximum absolute atomic E-state index is 5.90. The Labute approximate surface area is 100 Å². The minimum absolute atomic E-state index is 0.460. The number of nitrogens with two attached hydrogens (primary N) is 1. The SMILES string of the molecule is CCN(C)c1noc(-c2cc(C)ccc2N)n1. The molecule has 0 bridgehead atoms. The number of aromatic nitrogens is 2. The van der Waals surface area contributed by atoms with Gasteiger partial charge in [-0.25, -0.2) is 0 Å². The van der Waals surface area contributed by atoms with Gasteiger partial charge >= 0.3 is 0 Å². The Bertz CT molecular complexity index is 521. The number of hydrogen-bond donors (Lipinski definition) is 1. The van der Waals surface area contributed by atoms with Gasteiger partial charge in [-0.2, -0.15) is 4.98 Å². The molecule has 0 fully saturated rings. The molecule has 2 rings (SSSR count). The molecule has 0 amide bonds. The zero-order valence-corrected chi connectivity index (χ0v) is 10.3. The smallest absolute Gasteiger partial charge is 0.266 e. The van der Waals surface area contributed by atoms with E-state index in [9.17, 15) is 0 Å². The topological polar surface area (TPSA) is 68.2 Å². The molecule has 2 aromatic rings. The molecule has 5 heteroatoms. The van der Waals surface area contributed by atoms with Crippen molar-refractivity contribution in [3.05, 3.63) is 23.8 Å². The number of rotatable bonds is 3. The van der Waals surface area contributed by atoms with Crippen LogP contribution in [0.3, 0.4) is 0 Å². The van der Waals surface area contributed by atoms with Crippen LogP contribution in [0.1, 0.15) is 12.5 Å². The van der Waals surface area contributed by atoms with Crippen LogP contribution in [-0.4, -0.2) is 23.7 Å². The van der Waals surface area contributed by atoms with Crippen molar-refractivity contribution in [1.29, 1.82) is 0 Å². The third-order valence-corrected chi connectivity index (χ3v) is 2.67. The Balaban J connectivity index is 2.40. The van der Waals surface area contributed by atoms with Gasteiger partial charge in [0.2, 0.25) is 0 Å². The second-order valence-corrected chi connectivity index (χ2v) is 4.00. The summed E-state index contributed by atoms with van der Waals surface area (Å²) < 4.78 is 5.23. The van der Waals surface area contributed by atoms with Crippen molar-refractivity contribution in [1.82, 2.24) is 10.1 Å². The number of anilines is 2. The second kappa shape index (κ2) is 4.45. The summed E-state index contributed by atoms with van der Waals surface area (Å²) in [6.07, 6.45) is 0. The van der Waals surface area contributed by atoms with Crippen molar-refractivity contribution in [2.45, 2.75) is 13.8 Å². The Kier molecular flexibility index (Phi) is 2.99. The van der Waals surface area contributed by atoms with E-state index >= 15 is 0 Å². The van der Waals surface area contributed by atoms with E-state index in [-0.39, 0.29) is 0 Å². The van der Waals surface area contributed by atoms with Gasteiger partial charge in [0.1, 0.15) is 0 Å². The van der Waals surface area contributed by atoms with Gasteiger partial charge in [0.25, 0.3) is 11.8 Å². The highest BCUT2D eigenvalue weighted by Crippen LogP contribution is 2.26. The summed E-state index contributed by atoms with van der Waals surface area (Å²) in [7, 11) is 1.91. The quantitative estimate of drug-likeness (QED) is 0.820. The van der Waals surface area contributed by atoms with E-state index in [1.165, 1.54) is 0 Å². The van der Waals surface area contributed by atoms with Gasteiger partial charge in [-0.1, -0.05) is 11.6 Å². The summed E-state index contributed by atoms with van der Waals surface area (Å²) in [6, 6.07) is 5.74. The van der Waals surface area contributed by atoms with Crippen molar-refractivity contribution in [2.75, 3.05) is 24.2 Å². The predicted molar refractivity (Wildman–Crippen MR) is 67.8 cm³/mol. The zero-order valence-electron chi connectivity index (χ0n) is 10.3. The first-order valence-corrected chi connectivity index (χ1v) is 5.53. The van der Waals surface area contributed by atoms with Gasteiger partial charge in [-0.05, 0) is 31.1 Å². The zero-order chi connectivity index (χ0) is 12.4. The van der Waals surface area contributed by atoms with E-state index in [0.717, 1.165) is 17.7 Å². The molecule has 0 atom stereocenters. The molecule has 1 heterocycles. The predicted octanol–water partition coefficient (Wildman–Crippen LogP) is 2.08. The van der Waals surface area contributed by atoms with Gasteiger partial charge in [-0.15, -0.1) is 0 Å². The fourth-order valence-electron chi connectivity index (χ4n) is 1.48. The molecule has 1 aromatic carbocycles. The van der Waals surface area contributed by atoms with Crippen LogP contribution in [0.2, 0.25) is 0 Å². The van der Waals surface area contributed by atoms with Crippen molar-refractivity contribution in [2.24, 2.45) is 0 Å². The van der Waals surface area contributed by atoms with Gasteiger partial charge in [0.15, 0.2) is 0 Å². The average molecular weight is 232 g/mol. The van der Waals surface area contributed by atoms with Crippen molar-refractivity contribution < 1.29 is 4.52 Å². The van der Waals surface area contributed by atoms with E-state index in [1.807, 2.05) is 44.0 Å². The van der Waals surface area contributed by atoms with Gasteiger partial charge in [0.05, 0.1) is 5.56 Å². The molecule has 0 aliphatic rings. The lowest BCUT2D eigenvalue weighted by Gasteiger charge is -2.08. The normalized spacial score (nSPS) is 10.5. The first kappa shape index (κ1) is 11.4. The summed E-state index contributed by atoms with van der Waals surface area (Å²) in [6.45, 7) is 4.84. The Morgan fingerprint density at radius 1 is 1.41 bits per heavy atom. The maximum atomic E-state index is 5.90. The number of aryl methyl sites for hydroxylation is 1. The minimum atomic E-state index is 0.460. The van der Waals surface area contributed by atoms with Crippen LogP contribution in [0.4, 0.5) is 11.6 Å². The van der Waals surface area contributed by atoms with Crippen LogP contribution < -0.4 is 10.6 Å². The maximum Gasteiger partial charge on any atom is 0.266 e. The van der Waals surface area contributed by atoms with Crippen LogP contribution in [-0.2, 0) is 0 Å². The highest BCUT2D eigenvalue weighted by atomic mass is 16.5. The fourth-order valence-corrected chi connectivity index (χ4v) is 1.48. The van der Waals surface area contributed by atoms with Crippen molar-refractivity contribution in [3.63, 3.8) is 0 Å². The van der Waals surface area contributed by atoms with Crippen LogP contribution >= 0.6 is 0 Å². The van der Waals surface area contributed by atoms with Gasteiger partial charge < -0.3 is 15.2 Å². The Morgan fingerprint density at radius 2 is 2.18 bits per heavy atom. The van der Waals surface area contributed by atoms with Crippen LogP contribution in [0.5, 0.6) is 0 Å². The van der Waals surface area contributed by atoms with E-state index in [1.54, 1.807) is 0 Å². The number of benzene rings is 1. The molecule has 0 radical (unpaired) electrons. The summed E-state index contributed by atoms with van der Waals surface area (Å²) in [5, 5.41) is 3.92. The first-order valence-electron chi connectivity index (χ1n) is 5.53. The van der Waals surface area contributed by atoms with Crippen LogP contribution in [0.15, 0.2) is 22.7 Å². The Morgan fingerprint density at radius 3 is 2.88 bits per heavy atom. The van der Waals surface area contributed by atoms with E-state index in [2.05, 4.69) is 10.1 Å². The third-order valence-electron chi connectivity index (χ3n) is 2.67. The monoisotopic (exact) mass is 232 g/mol. The number of nitrogen functional groups attached to an aromatic ring is 1. The molecule has 0 aliphatic carbocycles. The lowest BCUT2D eigenvalue weighted by atomic mass is 10.1. The standard InChI is InChI=1S/C12H16N4O/c1-4-16(3)12-14-11(17-15-12)9-7-8(2)5-6-10(9)13/h5-7H,4,13H2,1-3H3. The lowest BCUT2D eigenvalue weighted by Crippen LogP contribution is -2.16. The van der Waals surface area contributed by atoms with E-state index in [0.29, 0.717) is 17.5 Å². The highest BCUT2D eigenvalue weighted by molar-refractivity contribution is 5.71. The fraction of sp³-hybridized carbons (Fsp3) is 0.333. The summed E-state index contributed by atoms with van der Waals surface area (Å²) in [5.74, 6) is 1.03.